The minimum Gasteiger partial charge on any atom is -0.495 e. The molecule has 0 aliphatic carbocycles. The number of ether oxygens (including phenoxy) is 2. The van der Waals surface area contributed by atoms with Crippen LogP contribution in [0, 0.1) is 5.82 Å². The fourth-order valence-corrected chi connectivity index (χ4v) is 1.78. The summed E-state index contributed by atoms with van der Waals surface area (Å²) in [5, 5.41) is 10.1. The number of methoxy groups -OCH3 is 1. The van der Waals surface area contributed by atoms with Crippen LogP contribution in [-0.4, -0.2) is 18.8 Å². The summed E-state index contributed by atoms with van der Waals surface area (Å²) < 4.78 is 23.5. The molecule has 0 radical (unpaired) electrons. The van der Waals surface area contributed by atoms with E-state index in [2.05, 4.69) is 0 Å². The molecule has 1 aliphatic heterocycles. The lowest BCUT2D eigenvalue weighted by molar-refractivity contribution is 0.0916. The van der Waals surface area contributed by atoms with Gasteiger partial charge in [0.2, 0.25) is 0 Å². The number of aliphatic hydroxyl groups excluding tert-OH is 1. The van der Waals surface area contributed by atoms with E-state index in [4.69, 9.17) is 9.47 Å². The molecule has 0 saturated carbocycles. The van der Waals surface area contributed by atoms with Crippen molar-refractivity contribution in [1.29, 1.82) is 0 Å². The predicted molar refractivity (Wildman–Crippen MR) is 61.2 cm³/mol. The molecular weight excluding hydrogens is 223 g/mol. The molecule has 3 nitrogen and oxygen atoms in total. The van der Waals surface area contributed by atoms with E-state index in [0.717, 1.165) is 12.8 Å². The molecule has 0 spiro atoms. The van der Waals surface area contributed by atoms with Gasteiger partial charge in [-0.15, -0.1) is 0 Å². The van der Waals surface area contributed by atoms with Crippen molar-refractivity contribution < 1.29 is 19.0 Å². The first-order valence-electron chi connectivity index (χ1n) is 5.56. The van der Waals surface area contributed by atoms with Gasteiger partial charge in [0.15, 0.2) is 11.6 Å². The highest BCUT2D eigenvalue weighted by Gasteiger charge is 2.18. The van der Waals surface area contributed by atoms with Crippen molar-refractivity contribution in [2.24, 2.45) is 0 Å². The van der Waals surface area contributed by atoms with Crippen molar-refractivity contribution in [3.8, 4) is 5.75 Å². The van der Waals surface area contributed by atoms with Crippen LogP contribution in [0.2, 0.25) is 0 Å². The molecule has 2 rings (SSSR count). The summed E-state index contributed by atoms with van der Waals surface area (Å²) in [7, 11) is 1.39. The van der Waals surface area contributed by atoms with Crippen molar-refractivity contribution in [1.82, 2.24) is 0 Å². The maximum absolute atomic E-state index is 13.2. The summed E-state index contributed by atoms with van der Waals surface area (Å²) in [6.07, 6.45) is 2.86. The first-order valence-corrected chi connectivity index (χ1v) is 5.56. The quantitative estimate of drug-likeness (QED) is 0.879. The molecular formula is C13H15FO3. The molecule has 4 heteroatoms. The Morgan fingerprint density at radius 2 is 2.29 bits per heavy atom. The highest BCUT2D eigenvalue weighted by atomic mass is 19.1. The molecule has 1 aromatic carbocycles. The van der Waals surface area contributed by atoms with E-state index in [1.54, 1.807) is 0 Å². The predicted octanol–water partition coefficient (Wildman–Crippen LogP) is 2.56. The molecule has 0 bridgehead atoms. The molecule has 1 unspecified atom stereocenters. The number of allylic oxidation sites excluding steroid dienone is 1. The van der Waals surface area contributed by atoms with Gasteiger partial charge in [-0.25, -0.2) is 4.39 Å². The third-order valence-corrected chi connectivity index (χ3v) is 2.72. The minimum atomic E-state index is -0.857. The van der Waals surface area contributed by atoms with E-state index < -0.39 is 11.9 Å². The summed E-state index contributed by atoms with van der Waals surface area (Å²) in [6.45, 7) is 0.612. The van der Waals surface area contributed by atoms with Gasteiger partial charge in [0.25, 0.3) is 0 Å². The lowest BCUT2D eigenvalue weighted by atomic mass is 10.1. The van der Waals surface area contributed by atoms with E-state index in [1.807, 2.05) is 6.08 Å². The Balaban J connectivity index is 2.24. The second kappa shape index (κ2) is 5.19. The minimum absolute atomic E-state index is 0.123. The number of aliphatic hydroxyl groups is 1. The zero-order valence-electron chi connectivity index (χ0n) is 9.65. The van der Waals surface area contributed by atoms with Gasteiger partial charge >= 0.3 is 0 Å². The summed E-state index contributed by atoms with van der Waals surface area (Å²) in [5.41, 5.74) is 0.566. The van der Waals surface area contributed by atoms with Gasteiger partial charge in [0.05, 0.1) is 13.7 Å². The van der Waals surface area contributed by atoms with E-state index in [-0.39, 0.29) is 5.75 Å². The smallest absolute Gasteiger partial charge is 0.165 e. The molecule has 0 fully saturated rings. The Labute approximate surface area is 99.5 Å². The highest BCUT2D eigenvalue weighted by molar-refractivity contribution is 5.34. The maximum atomic E-state index is 13.2. The molecule has 92 valence electrons. The van der Waals surface area contributed by atoms with Gasteiger partial charge in [-0.2, -0.15) is 0 Å². The molecule has 0 amide bonds. The summed E-state index contributed by atoms with van der Waals surface area (Å²) in [4.78, 5) is 0. The average Bonchev–Trinajstić information content (AvgIpc) is 2.39. The fraction of sp³-hybridized carbons (Fsp3) is 0.385. The first kappa shape index (κ1) is 11.9. The SMILES string of the molecule is COc1cc(C(O)C2=CCCCO2)ccc1F. The average molecular weight is 238 g/mol. The standard InChI is InChI=1S/C13H15FO3/c1-16-12-8-9(5-6-10(12)14)13(15)11-4-2-3-7-17-11/h4-6,8,13,15H,2-3,7H2,1H3. The van der Waals surface area contributed by atoms with Crippen molar-refractivity contribution in [3.05, 3.63) is 41.4 Å². The van der Waals surface area contributed by atoms with Gasteiger partial charge in [-0.05, 0) is 36.6 Å². The van der Waals surface area contributed by atoms with Crippen LogP contribution >= 0.6 is 0 Å². The van der Waals surface area contributed by atoms with Crippen LogP contribution in [0.1, 0.15) is 24.5 Å². The third-order valence-electron chi connectivity index (χ3n) is 2.72. The summed E-state index contributed by atoms with van der Waals surface area (Å²) in [6, 6.07) is 4.29. The molecule has 1 N–H and O–H groups in total. The van der Waals surface area contributed by atoms with Crippen molar-refractivity contribution >= 4 is 0 Å². The second-order valence-corrected chi connectivity index (χ2v) is 3.89. The van der Waals surface area contributed by atoms with Crippen LogP contribution in [0.3, 0.4) is 0 Å². The third kappa shape index (κ3) is 2.58. The summed E-state index contributed by atoms with van der Waals surface area (Å²) >= 11 is 0. The van der Waals surface area contributed by atoms with Crippen LogP contribution in [0.4, 0.5) is 4.39 Å². The van der Waals surface area contributed by atoms with Gasteiger partial charge in [-0.3, -0.25) is 0 Å². The van der Waals surface area contributed by atoms with Gasteiger partial charge < -0.3 is 14.6 Å². The van der Waals surface area contributed by atoms with Crippen molar-refractivity contribution in [3.63, 3.8) is 0 Å². The lowest BCUT2D eigenvalue weighted by Gasteiger charge is -2.20. The molecule has 0 aromatic heterocycles. The zero-order chi connectivity index (χ0) is 12.3. The van der Waals surface area contributed by atoms with E-state index in [0.29, 0.717) is 17.9 Å². The van der Waals surface area contributed by atoms with Crippen molar-refractivity contribution in [2.45, 2.75) is 18.9 Å². The molecule has 1 aliphatic rings. The summed E-state index contributed by atoms with van der Waals surface area (Å²) in [5.74, 6) is 0.213. The van der Waals surface area contributed by atoms with Crippen LogP contribution in [0.5, 0.6) is 5.75 Å². The Morgan fingerprint density at radius 3 is 2.94 bits per heavy atom. The van der Waals surface area contributed by atoms with Gasteiger partial charge in [0, 0.05) is 0 Å². The van der Waals surface area contributed by atoms with Crippen molar-refractivity contribution in [2.75, 3.05) is 13.7 Å². The lowest BCUT2D eigenvalue weighted by Crippen LogP contribution is -2.10. The Bertz CT molecular complexity index is 429. The van der Waals surface area contributed by atoms with E-state index in [1.165, 1.54) is 25.3 Å². The van der Waals surface area contributed by atoms with E-state index >= 15 is 0 Å². The molecule has 0 saturated heterocycles. The number of rotatable bonds is 3. The fourth-order valence-electron chi connectivity index (χ4n) is 1.78. The second-order valence-electron chi connectivity index (χ2n) is 3.89. The largest absolute Gasteiger partial charge is 0.495 e. The Hall–Kier alpha value is -1.55. The number of hydrogen-bond acceptors (Lipinski definition) is 3. The maximum Gasteiger partial charge on any atom is 0.165 e. The van der Waals surface area contributed by atoms with E-state index in [9.17, 15) is 9.50 Å². The van der Waals surface area contributed by atoms with Crippen LogP contribution in [0.15, 0.2) is 30.0 Å². The number of halogens is 1. The Kier molecular flexibility index (Phi) is 3.64. The molecule has 1 atom stereocenters. The van der Waals surface area contributed by atoms with Crippen LogP contribution in [-0.2, 0) is 4.74 Å². The molecule has 1 aromatic rings. The molecule has 17 heavy (non-hydrogen) atoms. The molecule has 1 heterocycles. The van der Waals surface area contributed by atoms with Crippen LogP contribution in [0.25, 0.3) is 0 Å². The topological polar surface area (TPSA) is 38.7 Å². The number of benzene rings is 1. The number of hydrogen-bond donors (Lipinski definition) is 1. The normalized spacial score (nSPS) is 17.0. The van der Waals surface area contributed by atoms with Crippen LogP contribution < -0.4 is 4.74 Å². The monoisotopic (exact) mass is 238 g/mol. The van der Waals surface area contributed by atoms with Gasteiger partial charge in [-0.1, -0.05) is 6.07 Å². The zero-order valence-corrected chi connectivity index (χ0v) is 9.65. The Morgan fingerprint density at radius 1 is 1.47 bits per heavy atom. The highest BCUT2D eigenvalue weighted by Crippen LogP contribution is 2.29. The van der Waals surface area contributed by atoms with Gasteiger partial charge in [0.1, 0.15) is 11.9 Å². The first-order chi connectivity index (χ1) is 8.22.